The number of anilines is 2. The van der Waals surface area contributed by atoms with Crippen LogP contribution in [0.15, 0.2) is 47.0 Å². The fraction of sp³-hybridized carbons (Fsp3) is 0.261. The predicted molar refractivity (Wildman–Crippen MR) is 127 cm³/mol. The summed E-state index contributed by atoms with van der Waals surface area (Å²) in [6.45, 7) is 1.86. The number of aryl methyl sites for hydroxylation is 1. The first kappa shape index (κ1) is 24.6. The van der Waals surface area contributed by atoms with E-state index in [1.165, 1.54) is 17.2 Å². The van der Waals surface area contributed by atoms with Crippen molar-refractivity contribution < 1.29 is 32.9 Å². The molecule has 2 aromatic heterocycles. The molecule has 1 aliphatic heterocycles. The standard InChI is InChI=1S/C23H25N4O7P/c1-15-17-5-3-4-6-19(17)34-20(15)13-26(2)21(28)8-7-16-11-18-23(25-12-16)27(14-33-35(30,31)32)22(29)9-10-24-18/h3-8,11-12,24H,9-10,13-14H2,1-2H3,(H2,30,31,32)/p-1/b8-7+. The first-order chi connectivity index (χ1) is 16.6. The number of hydrogen-bond donors (Lipinski definition) is 2. The Bertz CT molecular complexity index is 1350. The third-order valence-electron chi connectivity index (χ3n) is 5.57. The molecule has 1 aliphatic rings. The van der Waals surface area contributed by atoms with Crippen molar-refractivity contribution in [2.45, 2.75) is 19.9 Å². The molecule has 0 bridgehead atoms. The number of fused-ring (bicyclic) bond motifs is 2. The van der Waals surface area contributed by atoms with E-state index in [1.807, 2.05) is 31.2 Å². The minimum atomic E-state index is -5.02. The second-order valence-corrected chi connectivity index (χ2v) is 9.23. The number of rotatable bonds is 7. The number of furan rings is 1. The van der Waals surface area contributed by atoms with Crippen LogP contribution in [-0.4, -0.2) is 46.9 Å². The lowest BCUT2D eigenvalue weighted by atomic mass is 10.1. The number of nitrogens with one attached hydrogen (secondary N) is 1. The number of amides is 2. The van der Waals surface area contributed by atoms with Crippen molar-refractivity contribution in [3.05, 3.63) is 59.5 Å². The molecule has 184 valence electrons. The molecule has 3 aromatic rings. The number of likely N-dealkylation sites (N-methyl/N-ethyl adjacent to an activating group) is 1. The molecule has 0 saturated carbocycles. The quantitative estimate of drug-likeness (QED) is 0.369. The van der Waals surface area contributed by atoms with E-state index in [-0.39, 0.29) is 18.1 Å². The number of hydrogen-bond acceptors (Lipinski definition) is 8. The van der Waals surface area contributed by atoms with Gasteiger partial charge < -0.3 is 24.4 Å². The Morgan fingerprint density at radius 1 is 1.43 bits per heavy atom. The maximum atomic E-state index is 12.7. The molecule has 0 radical (unpaired) electrons. The smallest absolute Gasteiger partial charge is 0.266 e. The van der Waals surface area contributed by atoms with E-state index in [0.29, 0.717) is 30.1 Å². The Hall–Kier alpha value is -3.50. The second-order valence-electron chi connectivity index (χ2n) is 8.04. The Kier molecular flexibility index (Phi) is 7.04. The van der Waals surface area contributed by atoms with Crippen LogP contribution in [0.4, 0.5) is 11.5 Å². The molecule has 0 aliphatic carbocycles. The Labute approximate surface area is 201 Å². The molecule has 35 heavy (non-hydrogen) atoms. The van der Waals surface area contributed by atoms with E-state index in [2.05, 4.69) is 14.8 Å². The topological polar surface area (TPSA) is 148 Å². The molecule has 1 atom stereocenters. The number of carbonyl (C=O) groups is 2. The number of carbonyl (C=O) groups excluding carboxylic acids is 2. The normalized spacial score (nSPS) is 15.5. The number of phosphoric acid groups is 1. The predicted octanol–water partition coefficient (Wildman–Crippen LogP) is 2.39. The second kappa shape index (κ2) is 10.0. The van der Waals surface area contributed by atoms with Gasteiger partial charge in [-0.3, -0.25) is 23.6 Å². The summed E-state index contributed by atoms with van der Waals surface area (Å²) in [5.41, 5.74) is 2.81. The fourth-order valence-electron chi connectivity index (χ4n) is 3.69. The fourth-order valence-corrected chi connectivity index (χ4v) is 3.96. The van der Waals surface area contributed by atoms with Gasteiger partial charge in [0.1, 0.15) is 18.1 Å². The van der Waals surface area contributed by atoms with E-state index in [1.54, 1.807) is 19.2 Å². The van der Waals surface area contributed by atoms with Crippen LogP contribution >= 0.6 is 7.82 Å². The lowest BCUT2D eigenvalue weighted by Crippen LogP contribution is -2.33. The first-order valence-corrected chi connectivity index (χ1v) is 12.2. The SMILES string of the molecule is Cc1c(CN(C)C(=O)/C=C/c2cnc3c(c2)NCCC(=O)N3COP(=O)([O-])O)oc2ccccc12. The molecule has 0 spiro atoms. The molecule has 0 fully saturated rings. The van der Waals surface area contributed by atoms with Crippen molar-refractivity contribution in [2.75, 3.05) is 30.5 Å². The maximum absolute atomic E-state index is 12.7. The molecule has 11 nitrogen and oxygen atoms in total. The van der Waals surface area contributed by atoms with Gasteiger partial charge in [0, 0.05) is 43.2 Å². The van der Waals surface area contributed by atoms with E-state index < -0.39 is 20.5 Å². The van der Waals surface area contributed by atoms with Crippen LogP contribution in [0, 0.1) is 6.92 Å². The average Bonchev–Trinajstić information content (AvgIpc) is 3.03. The van der Waals surface area contributed by atoms with Crippen LogP contribution in [0.3, 0.4) is 0 Å². The van der Waals surface area contributed by atoms with Gasteiger partial charge in [-0.25, -0.2) is 4.98 Å². The van der Waals surface area contributed by atoms with Crippen LogP contribution in [0.2, 0.25) is 0 Å². The van der Waals surface area contributed by atoms with E-state index in [0.717, 1.165) is 21.4 Å². The number of nitrogens with zero attached hydrogens (tertiary/aromatic N) is 3. The molecule has 0 saturated heterocycles. The molecule has 2 amide bonds. The highest BCUT2D eigenvalue weighted by atomic mass is 31.2. The average molecular weight is 499 g/mol. The van der Waals surface area contributed by atoms with Gasteiger partial charge in [0.25, 0.3) is 7.82 Å². The zero-order chi connectivity index (χ0) is 25.2. The first-order valence-electron chi connectivity index (χ1n) is 10.7. The lowest BCUT2D eigenvalue weighted by Gasteiger charge is -2.24. The largest absolute Gasteiger partial charge is 0.756 e. The minimum absolute atomic E-state index is 0.0734. The number of phosphoric ester groups is 1. The molecular formula is C23H24N4O7P-. The Morgan fingerprint density at radius 2 is 2.20 bits per heavy atom. The van der Waals surface area contributed by atoms with Crippen molar-refractivity contribution in [2.24, 2.45) is 0 Å². The van der Waals surface area contributed by atoms with Crippen LogP contribution in [0.25, 0.3) is 17.0 Å². The summed E-state index contributed by atoms with van der Waals surface area (Å²) in [6, 6.07) is 9.37. The third kappa shape index (κ3) is 5.77. The number of para-hydroxylation sites is 1. The van der Waals surface area contributed by atoms with E-state index >= 15 is 0 Å². The zero-order valence-electron chi connectivity index (χ0n) is 19.1. The molecule has 12 heteroatoms. The van der Waals surface area contributed by atoms with Gasteiger partial charge >= 0.3 is 0 Å². The monoisotopic (exact) mass is 499 g/mol. The highest BCUT2D eigenvalue weighted by molar-refractivity contribution is 7.44. The van der Waals surface area contributed by atoms with Crippen molar-refractivity contribution in [3.8, 4) is 0 Å². The van der Waals surface area contributed by atoms with Crippen molar-refractivity contribution in [1.82, 2.24) is 9.88 Å². The van der Waals surface area contributed by atoms with Crippen LogP contribution in [0.1, 0.15) is 23.3 Å². The van der Waals surface area contributed by atoms with E-state index in [9.17, 15) is 19.0 Å². The van der Waals surface area contributed by atoms with Gasteiger partial charge in [0.2, 0.25) is 11.8 Å². The lowest BCUT2D eigenvalue weighted by molar-refractivity contribution is -0.219. The molecule has 1 unspecified atom stereocenters. The van der Waals surface area contributed by atoms with Crippen LogP contribution in [0.5, 0.6) is 0 Å². The van der Waals surface area contributed by atoms with Gasteiger partial charge in [0.15, 0.2) is 5.82 Å². The van der Waals surface area contributed by atoms with Gasteiger partial charge in [-0.2, -0.15) is 0 Å². The Morgan fingerprint density at radius 3 is 2.94 bits per heavy atom. The van der Waals surface area contributed by atoms with Gasteiger partial charge in [-0.15, -0.1) is 0 Å². The van der Waals surface area contributed by atoms with Gasteiger partial charge in [-0.1, -0.05) is 18.2 Å². The van der Waals surface area contributed by atoms with Crippen molar-refractivity contribution in [3.63, 3.8) is 0 Å². The maximum Gasteiger partial charge on any atom is 0.266 e. The summed E-state index contributed by atoms with van der Waals surface area (Å²) in [6.07, 6.45) is 4.51. The van der Waals surface area contributed by atoms with Gasteiger partial charge in [-0.05, 0) is 30.7 Å². The minimum Gasteiger partial charge on any atom is -0.756 e. The van der Waals surface area contributed by atoms with Crippen molar-refractivity contribution >= 4 is 48.2 Å². The molecule has 4 rings (SSSR count). The zero-order valence-corrected chi connectivity index (χ0v) is 20.0. The highest BCUT2D eigenvalue weighted by Crippen LogP contribution is 2.33. The van der Waals surface area contributed by atoms with E-state index in [4.69, 9.17) is 9.31 Å². The Balaban J connectivity index is 1.47. The summed E-state index contributed by atoms with van der Waals surface area (Å²) in [5, 5.41) is 4.06. The van der Waals surface area contributed by atoms with Crippen molar-refractivity contribution in [1.29, 1.82) is 0 Å². The van der Waals surface area contributed by atoms with Gasteiger partial charge in [0.05, 0.1) is 12.2 Å². The van der Waals surface area contributed by atoms with Crippen LogP contribution < -0.4 is 15.1 Å². The molecule has 1 aromatic carbocycles. The molecule has 2 N–H and O–H groups in total. The summed E-state index contributed by atoms with van der Waals surface area (Å²) in [7, 11) is -3.34. The number of pyridine rings is 1. The van der Waals surface area contributed by atoms with Crippen LogP contribution in [-0.2, 0) is 25.2 Å². The third-order valence-corrected chi connectivity index (χ3v) is 6.01. The number of aromatic nitrogens is 1. The highest BCUT2D eigenvalue weighted by Gasteiger charge is 2.25. The molecule has 3 heterocycles. The summed E-state index contributed by atoms with van der Waals surface area (Å²) < 4.78 is 21.2. The molecular weight excluding hydrogens is 475 g/mol. The summed E-state index contributed by atoms with van der Waals surface area (Å²) in [4.78, 5) is 51.6. The summed E-state index contributed by atoms with van der Waals surface area (Å²) >= 11 is 0. The summed E-state index contributed by atoms with van der Waals surface area (Å²) in [5.74, 6) is 0.205. The number of benzene rings is 1.